The SMILES string of the molecule is CCOC(=O)OC1CCc2c(sc3ncnc(Nc4ccc5[nH]ncc5c4)c23)C1. The van der Waals surface area contributed by atoms with E-state index in [0.717, 1.165) is 45.5 Å². The van der Waals surface area contributed by atoms with Crippen molar-refractivity contribution in [1.29, 1.82) is 0 Å². The molecule has 3 aromatic heterocycles. The number of fused-ring (bicyclic) bond motifs is 4. The summed E-state index contributed by atoms with van der Waals surface area (Å²) in [5, 5.41) is 12.5. The van der Waals surface area contributed by atoms with Gasteiger partial charge in [0.1, 0.15) is 23.1 Å². The number of nitrogens with zero attached hydrogens (tertiary/aromatic N) is 3. The van der Waals surface area contributed by atoms with Crippen LogP contribution >= 0.6 is 11.3 Å². The Morgan fingerprint density at radius 1 is 1.38 bits per heavy atom. The Hall–Kier alpha value is -3.20. The lowest BCUT2D eigenvalue weighted by Gasteiger charge is -2.22. The van der Waals surface area contributed by atoms with Gasteiger partial charge in [0.15, 0.2) is 0 Å². The zero-order valence-electron chi connectivity index (χ0n) is 15.8. The van der Waals surface area contributed by atoms with Gasteiger partial charge >= 0.3 is 6.16 Å². The van der Waals surface area contributed by atoms with E-state index >= 15 is 0 Å². The number of H-pyrrole nitrogens is 1. The lowest BCUT2D eigenvalue weighted by atomic mass is 9.94. The normalized spacial score (nSPS) is 16.0. The molecular formula is C20H19N5O3S. The Balaban J connectivity index is 1.44. The molecule has 0 saturated heterocycles. The Labute approximate surface area is 170 Å². The zero-order chi connectivity index (χ0) is 19.8. The van der Waals surface area contributed by atoms with Gasteiger partial charge in [-0.25, -0.2) is 14.8 Å². The minimum absolute atomic E-state index is 0.164. The highest BCUT2D eigenvalue weighted by molar-refractivity contribution is 7.19. The number of thiophene rings is 1. The summed E-state index contributed by atoms with van der Waals surface area (Å²) in [6.45, 7) is 2.08. The molecule has 1 aliphatic carbocycles. The van der Waals surface area contributed by atoms with E-state index in [2.05, 4.69) is 25.5 Å². The second-order valence-corrected chi connectivity index (χ2v) is 7.95. The van der Waals surface area contributed by atoms with E-state index in [1.54, 1.807) is 30.8 Å². The molecule has 148 valence electrons. The fraction of sp³-hybridized carbons (Fsp3) is 0.300. The molecule has 1 aromatic carbocycles. The number of nitrogens with one attached hydrogen (secondary N) is 2. The number of rotatable bonds is 4. The van der Waals surface area contributed by atoms with Crippen molar-refractivity contribution in [3.8, 4) is 0 Å². The van der Waals surface area contributed by atoms with Crippen molar-refractivity contribution in [1.82, 2.24) is 20.2 Å². The van der Waals surface area contributed by atoms with Gasteiger partial charge in [-0.2, -0.15) is 5.10 Å². The van der Waals surface area contributed by atoms with E-state index in [4.69, 9.17) is 9.47 Å². The first-order valence-electron chi connectivity index (χ1n) is 9.50. The van der Waals surface area contributed by atoms with Crippen LogP contribution in [0, 0.1) is 0 Å². The summed E-state index contributed by atoms with van der Waals surface area (Å²) in [6, 6.07) is 6.02. The molecule has 4 aromatic rings. The number of aromatic amines is 1. The monoisotopic (exact) mass is 409 g/mol. The van der Waals surface area contributed by atoms with E-state index < -0.39 is 6.16 Å². The molecule has 1 atom stereocenters. The number of anilines is 2. The quantitative estimate of drug-likeness (QED) is 0.483. The predicted molar refractivity (Wildman–Crippen MR) is 111 cm³/mol. The summed E-state index contributed by atoms with van der Waals surface area (Å²) in [5.41, 5.74) is 3.17. The van der Waals surface area contributed by atoms with Gasteiger partial charge in [-0.15, -0.1) is 11.3 Å². The second kappa shape index (κ2) is 7.32. The van der Waals surface area contributed by atoms with E-state index in [0.29, 0.717) is 13.0 Å². The summed E-state index contributed by atoms with van der Waals surface area (Å²) < 4.78 is 10.3. The highest BCUT2D eigenvalue weighted by Gasteiger charge is 2.27. The Bertz CT molecular complexity index is 1200. The van der Waals surface area contributed by atoms with Crippen molar-refractivity contribution in [3.05, 3.63) is 41.2 Å². The van der Waals surface area contributed by atoms with Crippen molar-refractivity contribution in [2.24, 2.45) is 0 Å². The van der Waals surface area contributed by atoms with E-state index in [-0.39, 0.29) is 6.10 Å². The number of aryl methyl sites for hydroxylation is 1. The van der Waals surface area contributed by atoms with Crippen molar-refractivity contribution < 1.29 is 14.3 Å². The van der Waals surface area contributed by atoms with Crippen LogP contribution in [0.25, 0.3) is 21.1 Å². The minimum Gasteiger partial charge on any atom is -0.435 e. The topological polar surface area (TPSA) is 102 Å². The van der Waals surface area contributed by atoms with E-state index in [9.17, 15) is 4.79 Å². The predicted octanol–water partition coefficient (Wildman–Crippen LogP) is 4.34. The third-order valence-electron chi connectivity index (χ3n) is 5.03. The first-order chi connectivity index (χ1) is 14.2. The lowest BCUT2D eigenvalue weighted by Crippen LogP contribution is -2.25. The van der Waals surface area contributed by atoms with Crippen LogP contribution in [0.5, 0.6) is 0 Å². The van der Waals surface area contributed by atoms with Crippen molar-refractivity contribution in [2.45, 2.75) is 32.3 Å². The third-order valence-corrected chi connectivity index (χ3v) is 6.19. The van der Waals surface area contributed by atoms with Crippen molar-refractivity contribution in [2.75, 3.05) is 11.9 Å². The maximum absolute atomic E-state index is 11.6. The molecule has 0 fully saturated rings. The molecule has 3 heterocycles. The Kier molecular flexibility index (Phi) is 4.51. The molecule has 0 saturated carbocycles. The molecule has 29 heavy (non-hydrogen) atoms. The van der Waals surface area contributed by atoms with Crippen molar-refractivity contribution in [3.63, 3.8) is 0 Å². The third kappa shape index (κ3) is 3.38. The smallest absolute Gasteiger partial charge is 0.435 e. The summed E-state index contributed by atoms with van der Waals surface area (Å²) >= 11 is 1.63. The number of carbonyl (C=O) groups is 1. The highest BCUT2D eigenvalue weighted by atomic mass is 32.1. The first-order valence-corrected chi connectivity index (χ1v) is 10.3. The van der Waals surface area contributed by atoms with Crippen molar-refractivity contribution >= 4 is 50.1 Å². The summed E-state index contributed by atoms with van der Waals surface area (Å²) in [6.07, 6.45) is 4.85. The maximum atomic E-state index is 11.6. The summed E-state index contributed by atoms with van der Waals surface area (Å²) in [5.74, 6) is 0.792. The van der Waals surface area contributed by atoms with Crippen LogP contribution in [0.2, 0.25) is 0 Å². The number of aromatic nitrogens is 4. The molecule has 0 aliphatic heterocycles. The average Bonchev–Trinajstić information content (AvgIpc) is 3.32. The highest BCUT2D eigenvalue weighted by Crippen LogP contribution is 2.39. The van der Waals surface area contributed by atoms with Gasteiger partial charge in [-0.1, -0.05) is 0 Å². The van der Waals surface area contributed by atoms with Gasteiger partial charge in [0, 0.05) is 22.4 Å². The summed E-state index contributed by atoms with van der Waals surface area (Å²) in [4.78, 5) is 22.7. The van der Waals surface area contributed by atoms with Crippen LogP contribution in [0.3, 0.4) is 0 Å². The number of hydrogen-bond donors (Lipinski definition) is 2. The molecule has 9 heteroatoms. The molecule has 1 unspecified atom stereocenters. The number of benzene rings is 1. The minimum atomic E-state index is -0.598. The summed E-state index contributed by atoms with van der Waals surface area (Å²) in [7, 11) is 0. The number of carbonyl (C=O) groups excluding carboxylic acids is 1. The van der Waals surface area contributed by atoms with Crippen LogP contribution in [-0.4, -0.2) is 39.0 Å². The Morgan fingerprint density at radius 3 is 3.21 bits per heavy atom. The molecule has 5 rings (SSSR count). The second-order valence-electron chi connectivity index (χ2n) is 6.87. The van der Waals surface area contributed by atoms with E-state index in [1.807, 2.05) is 18.2 Å². The molecule has 0 bridgehead atoms. The number of hydrogen-bond acceptors (Lipinski definition) is 8. The molecule has 0 amide bonds. The molecular weight excluding hydrogens is 390 g/mol. The first kappa shape index (κ1) is 17.9. The standard InChI is InChI=1S/C20H19N5O3S/c1-2-27-20(26)28-13-4-5-14-16(8-13)29-19-17(14)18(21-10-22-19)24-12-3-6-15-11(7-12)9-23-25-15/h3,6-7,9-10,13H,2,4-5,8H2,1H3,(H,23,25)(H,21,22,24). The maximum Gasteiger partial charge on any atom is 0.508 e. The molecule has 2 N–H and O–H groups in total. The van der Waals surface area contributed by atoms with Gasteiger partial charge in [0.25, 0.3) is 0 Å². The average molecular weight is 409 g/mol. The van der Waals surface area contributed by atoms with Gasteiger partial charge in [-0.3, -0.25) is 5.10 Å². The fourth-order valence-corrected chi connectivity index (χ4v) is 4.97. The zero-order valence-corrected chi connectivity index (χ0v) is 16.6. The molecule has 0 radical (unpaired) electrons. The van der Waals surface area contributed by atoms with Gasteiger partial charge < -0.3 is 14.8 Å². The molecule has 8 nitrogen and oxygen atoms in total. The van der Waals surface area contributed by atoms with Gasteiger partial charge in [0.2, 0.25) is 0 Å². The van der Waals surface area contributed by atoms with Crippen LogP contribution in [-0.2, 0) is 22.3 Å². The molecule has 0 spiro atoms. The lowest BCUT2D eigenvalue weighted by molar-refractivity contribution is 0.0223. The van der Waals surface area contributed by atoms with Crippen LogP contribution in [0.15, 0.2) is 30.7 Å². The van der Waals surface area contributed by atoms with Gasteiger partial charge in [0.05, 0.1) is 23.7 Å². The van der Waals surface area contributed by atoms with Crippen LogP contribution in [0.1, 0.15) is 23.8 Å². The Morgan fingerprint density at radius 2 is 2.31 bits per heavy atom. The van der Waals surface area contributed by atoms with Gasteiger partial charge in [-0.05, 0) is 43.5 Å². The van der Waals surface area contributed by atoms with E-state index in [1.165, 1.54) is 10.4 Å². The molecule has 1 aliphatic rings. The largest absolute Gasteiger partial charge is 0.508 e. The fourth-order valence-electron chi connectivity index (χ4n) is 3.72. The van der Waals surface area contributed by atoms with Crippen LogP contribution in [0.4, 0.5) is 16.3 Å². The number of ether oxygens (including phenoxy) is 2. The van der Waals surface area contributed by atoms with Crippen LogP contribution < -0.4 is 5.32 Å².